The average Bonchev–Trinajstić information content (AvgIpc) is 2.93. The molecule has 0 bridgehead atoms. The minimum absolute atomic E-state index is 0.292. The van der Waals surface area contributed by atoms with E-state index in [4.69, 9.17) is 0 Å². The Morgan fingerprint density at radius 2 is 1.88 bits per heavy atom. The number of anilines is 1. The second kappa shape index (κ2) is 5.72. The van der Waals surface area contributed by atoms with Gasteiger partial charge in [0.05, 0.1) is 11.9 Å². The number of aryl methyl sites for hydroxylation is 2. The van der Waals surface area contributed by atoms with Crippen molar-refractivity contribution in [1.82, 2.24) is 28.7 Å². The molecule has 3 heterocycles. The molecule has 0 aromatic carbocycles. The van der Waals surface area contributed by atoms with E-state index >= 15 is 0 Å². The van der Waals surface area contributed by atoms with Crippen LogP contribution in [-0.2, 0) is 21.1 Å². The number of aromatic nitrogens is 6. The summed E-state index contributed by atoms with van der Waals surface area (Å²) in [6, 6.07) is 0. The SMILES string of the molecule is CC(=NNc1nc2c(c(=O)n(C)c(=O)n2C)n1C)c1cnccn1. The van der Waals surface area contributed by atoms with Gasteiger partial charge in [-0.2, -0.15) is 10.1 Å². The van der Waals surface area contributed by atoms with E-state index in [1.807, 2.05) is 0 Å². The Morgan fingerprint density at radius 1 is 1.12 bits per heavy atom. The van der Waals surface area contributed by atoms with E-state index in [0.29, 0.717) is 28.5 Å². The number of fused-ring (bicyclic) bond motifs is 1. The molecule has 3 aromatic heterocycles. The van der Waals surface area contributed by atoms with Crippen LogP contribution in [0.25, 0.3) is 11.2 Å². The van der Waals surface area contributed by atoms with Crippen molar-refractivity contribution in [1.29, 1.82) is 0 Å². The fourth-order valence-corrected chi connectivity index (χ4v) is 2.30. The van der Waals surface area contributed by atoms with Gasteiger partial charge in [0.2, 0.25) is 5.95 Å². The van der Waals surface area contributed by atoms with E-state index in [1.54, 1.807) is 44.2 Å². The summed E-state index contributed by atoms with van der Waals surface area (Å²) in [6.07, 6.45) is 4.74. The molecular weight excluding hydrogens is 312 g/mol. The zero-order valence-electron chi connectivity index (χ0n) is 13.7. The summed E-state index contributed by atoms with van der Waals surface area (Å²) in [6.45, 7) is 1.77. The third kappa shape index (κ3) is 2.37. The molecule has 0 fully saturated rings. The van der Waals surface area contributed by atoms with Gasteiger partial charge in [0.1, 0.15) is 5.69 Å². The minimum atomic E-state index is -0.434. The van der Waals surface area contributed by atoms with Crippen LogP contribution in [0.5, 0.6) is 0 Å². The minimum Gasteiger partial charge on any atom is -0.306 e. The van der Waals surface area contributed by atoms with Crippen molar-refractivity contribution in [3.63, 3.8) is 0 Å². The van der Waals surface area contributed by atoms with Crippen molar-refractivity contribution in [2.75, 3.05) is 5.43 Å². The molecule has 124 valence electrons. The van der Waals surface area contributed by atoms with E-state index in [-0.39, 0.29) is 0 Å². The van der Waals surface area contributed by atoms with Crippen LogP contribution >= 0.6 is 0 Å². The molecule has 10 nitrogen and oxygen atoms in total. The van der Waals surface area contributed by atoms with Gasteiger partial charge in [0.15, 0.2) is 11.2 Å². The third-order valence-corrected chi connectivity index (χ3v) is 3.73. The normalized spacial score (nSPS) is 11.9. The summed E-state index contributed by atoms with van der Waals surface area (Å²) in [5.74, 6) is 0.339. The van der Waals surface area contributed by atoms with E-state index in [0.717, 1.165) is 4.57 Å². The number of rotatable bonds is 3. The molecule has 0 spiro atoms. The highest BCUT2D eigenvalue weighted by Gasteiger charge is 2.16. The van der Waals surface area contributed by atoms with E-state index in [9.17, 15) is 9.59 Å². The predicted octanol–water partition coefficient (Wildman–Crippen LogP) is -0.403. The van der Waals surface area contributed by atoms with Crippen LogP contribution in [0.2, 0.25) is 0 Å². The number of hydrogen-bond donors (Lipinski definition) is 1. The standard InChI is InChI=1S/C14H16N8O2/c1-8(9-7-15-5-6-16-9)18-19-13-17-11-10(20(13)2)12(23)22(4)14(24)21(11)3/h5-7H,1-4H3,(H,17,19). The Bertz CT molecular complexity index is 1060. The molecule has 0 aliphatic carbocycles. The number of hydrogen-bond acceptors (Lipinski definition) is 7. The Hall–Kier alpha value is -3.30. The Kier molecular flexibility index (Phi) is 3.72. The monoisotopic (exact) mass is 328 g/mol. The largest absolute Gasteiger partial charge is 0.332 e. The maximum Gasteiger partial charge on any atom is 0.332 e. The van der Waals surface area contributed by atoms with Crippen LogP contribution in [0, 0.1) is 0 Å². The summed E-state index contributed by atoms with van der Waals surface area (Å²) in [4.78, 5) is 36.7. The second-order valence-electron chi connectivity index (χ2n) is 5.27. The zero-order valence-corrected chi connectivity index (χ0v) is 13.7. The van der Waals surface area contributed by atoms with E-state index in [2.05, 4.69) is 25.5 Å². The lowest BCUT2D eigenvalue weighted by Crippen LogP contribution is -2.37. The van der Waals surface area contributed by atoms with Crippen LogP contribution in [-0.4, -0.2) is 34.4 Å². The first-order chi connectivity index (χ1) is 11.4. The summed E-state index contributed by atoms with van der Waals surface area (Å²) >= 11 is 0. The maximum absolute atomic E-state index is 12.3. The highest BCUT2D eigenvalue weighted by molar-refractivity contribution is 5.97. The van der Waals surface area contributed by atoms with Gasteiger partial charge >= 0.3 is 5.69 Å². The summed E-state index contributed by atoms with van der Waals surface area (Å²) < 4.78 is 3.92. The van der Waals surface area contributed by atoms with Gasteiger partial charge in [-0.3, -0.25) is 23.9 Å². The first-order valence-corrected chi connectivity index (χ1v) is 7.11. The van der Waals surface area contributed by atoms with E-state index in [1.165, 1.54) is 11.6 Å². The van der Waals surface area contributed by atoms with Gasteiger partial charge in [0.25, 0.3) is 5.56 Å². The van der Waals surface area contributed by atoms with Gasteiger partial charge in [-0.15, -0.1) is 0 Å². The van der Waals surface area contributed by atoms with E-state index < -0.39 is 11.2 Å². The van der Waals surface area contributed by atoms with Crippen molar-refractivity contribution < 1.29 is 0 Å². The van der Waals surface area contributed by atoms with Crippen LogP contribution in [0.1, 0.15) is 12.6 Å². The third-order valence-electron chi connectivity index (χ3n) is 3.73. The summed E-state index contributed by atoms with van der Waals surface area (Å²) in [5.41, 5.74) is 3.79. The molecule has 0 unspecified atom stereocenters. The average molecular weight is 328 g/mol. The van der Waals surface area contributed by atoms with Gasteiger partial charge in [0, 0.05) is 33.5 Å². The lowest BCUT2D eigenvalue weighted by molar-refractivity contribution is 0.705. The molecule has 0 aliphatic heterocycles. The number of nitrogens with one attached hydrogen (secondary N) is 1. The Labute approximate surface area is 136 Å². The van der Waals surface area contributed by atoms with Crippen LogP contribution in [0.4, 0.5) is 5.95 Å². The van der Waals surface area contributed by atoms with Crippen molar-refractivity contribution in [2.45, 2.75) is 6.92 Å². The van der Waals surface area contributed by atoms with Crippen molar-refractivity contribution in [3.05, 3.63) is 45.1 Å². The topological polar surface area (TPSA) is 112 Å². The number of nitrogens with zero attached hydrogens (tertiary/aromatic N) is 7. The van der Waals surface area contributed by atoms with Crippen molar-refractivity contribution in [3.8, 4) is 0 Å². The molecule has 10 heteroatoms. The highest BCUT2D eigenvalue weighted by atomic mass is 16.2. The molecule has 0 atom stereocenters. The Balaban J connectivity index is 2.08. The van der Waals surface area contributed by atoms with Gasteiger partial charge < -0.3 is 4.57 Å². The quantitative estimate of drug-likeness (QED) is 0.517. The predicted molar refractivity (Wildman–Crippen MR) is 89.1 cm³/mol. The van der Waals surface area contributed by atoms with Gasteiger partial charge in [-0.1, -0.05) is 0 Å². The lowest BCUT2D eigenvalue weighted by Gasteiger charge is -2.04. The second-order valence-corrected chi connectivity index (χ2v) is 5.27. The van der Waals surface area contributed by atoms with Gasteiger partial charge in [-0.25, -0.2) is 10.2 Å². The molecule has 1 N–H and O–H groups in total. The smallest absolute Gasteiger partial charge is 0.306 e. The molecule has 3 aromatic rings. The fourth-order valence-electron chi connectivity index (χ4n) is 2.30. The van der Waals surface area contributed by atoms with Crippen LogP contribution < -0.4 is 16.7 Å². The van der Waals surface area contributed by atoms with Crippen LogP contribution in [0.15, 0.2) is 33.3 Å². The molecular formula is C14H16N8O2. The highest BCUT2D eigenvalue weighted by Crippen LogP contribution is 2.13. The number of hydrazone groups is 1. The molecule has 0 saturated heterocycles. The first kappa shape index (κ1) is 15.6. The zero-order chi connectivity index (χ0) is 17.4. The fraction of sp³-hybridized carbons (Fsp3) is 0.286. The first-order valence-electron chi connectivity index (χ1n) is 7.11. The molecule has 3 rings (SSSR count). The Morgan fingerprint density at radius 3 is 2.54 bits per heavy atom. The molecule has 0 amide bonds. The molecule has 0 radical (unpaired) electrons. The summed E-state index contributed by atoms with van der Waals surface area (Å²) in [5, 5.41) is 4.21. The van der Waals surface area contributed by atoms with Gasteiger partial charge in [-0.05, 0) is 6.92 Å². The maximum atomic E-state index is 12.3. The number of imidazole rings is 1. The molecule has 24 heavy (non-hydrogen) atoms. The molecule has 0 aliphatic rings. The van der Waals surface area contributed by atoms with Crippen LogP contribution in [0.3, 0.4) is 0 Å². The molecule has 0 saturated carbocycles. The lowest BCUT2D eigenvalue weighted by atomic mass is 10.3. The van der Waals surface area contributed by atoms with Crippen molar-refractivity contribution >= 4 is 22.8 Å². The summed E-state index contributed by atoms with van der Waals surface area (Å²) in [7, 11) is 4.67. The van der Waals surface area contributed by atoms with Crippen molar-refractivity contribution in [2.24, 2.45) is 26.2 Å².